The van der Waals surface area contributed by atoms with Crippen LogP contribution in [0.5, 0.6) is 5.75 Å². The molecule has 1 aliphatic heterocycles. The van der Waals surface area contributed by atoms with Crippen molar-refractivity contribution < 1.29 is 17.9 Å². The van der Waals surface area contributed by atoms with E-state index < -0.39 is 10.2 Å². The van der Waals surface area contributed by atoms with Gasteiger partial charge in [0.05, 0.1) is 19.9 Å². The maximum absolute atomic E-state index is 12.6. The molecule has 1 aliphatic rings. The minimum absolute atomic E-state index is 0.183. The number of hydrogen-bond donors (Lipinski definition) is 1. The van der Waals surface area contributed by atoms with Crippen LogP contribution in [0.4, 0.5) is 0 Å². The summed E-state index contributed by atoms with van der Waals surface area (Å²) in [5, 5.41) is 4.32. The lowest BCUT2D eigenvalue weighted by atomic mass is 10.0. The highest BCUT2D eigenvalue weighted by atomic mass is 32.2. The van der Waals surface area contributed by atoms with Crippen LogP contribution in [0.2, 0.25) is 0 Å². The van der Waals surface area contributed by atoms with E-state index >= 15 is 0 Å². The number of piperidine rings is 1. The second-order valence-electron chi connectivity index (χ2n) is 6.61. The van der Waals surface area contributed by atoms with Crippen molar-refractivity contribution in [3.63, 3.8) is 0 Å². The van der Waals surface area contributed by atoms with Crippen molar-refractivity contribution in [2.24, 2.45) is 5.92 Å². The molecule has 1 atom stereocenters. The Morgan fingerprint density at radius 2 is 2.11 bits per heavy atom. The predicted molar refractivity (Wildman–Crippen MR) is 102 cm³/mol. The van der Waals surface area contributed by atoms with Crippen molar-refractivity contribution in [1.29, 1.82) is 0 Å². The van der Waals surface area contributed by atoms with Crippen LogP contribution >= 0.6 is 0 Å². The molecule has 1 aromatic carbocycles. The van der Waals surface area contributed by atoms with Gasteiger partial charge >= 0.3 is 0 Å². The van der Waals surface area contributed by atoms with Gasteiger partial charge in [-0.05, 0) is 30.9 Å². The molecule has 2 aromatic rings. The fourth-order valence-electron chi connectivity index (χ4n) is 3.28. The third-order valence-corrected chi connectivity index (χ3v) is 6.17. The van der Waals surface area contributed by atoms with Crippen molar-refractivity contribution in [2.75, 3.05) is 33.9 Å². The van der Waals surface area contributed by atoms with Gasteiger partial charge in [-0.25, -0.2) is 4.68 Å². The smallest absolute Gasteiger partial charge is 0.279 e. The lowest BCUT2D eigenvalue weighted by Crippen LogP contribution is -2.46. The first kappa shape index (κ1) is 19.8. The molecule has 1 saturated heterocycles. The average Bonchev–Trinajstić information content (AvgIpc) is 3.16. The minimum atomic E-state index is -3.53. The van der Waals surface area contributed by atoms with E-state index in [0.717, 1.165) is 24.1 Å². The van der Waals surface area contributed by atoms with E-state index in [4.69, 9.17) is 9.47 Å². The van der Waals surface area contributed by atoms with E-state index in [9.17, 15) is 8.42 Å². The van der Waals surface area contributed by atoms with Crippen LogP contribution in [-0.4, -0.2) is 56.4 Å². The van der Waals surface area contributed by atoms with Gasteiger partial charge in [-0.15, -0.1) is 0 Å². The van der Waals surface area contributed by atoms with Gasteiger partial charge in [-0.2, -0.15) is 22.5 Å². The standard InChI is InChI=1S/C18H26N4O4S/c1-25-14-15-6-5-9-21(12-15)27(23,24)20-11-16-10-19-22(13-16)17-7-3-4-8-18(17)26-2/h3-4,7-8,10,13,15,20H,5-6,9,11-12,14H2,1-2H3/t15-/m0/s1. The molecule has 0 amide bonds. The second-order valence-corrected chi connectivity index (χ2v) is 8.37. The fourth-order valence-corrected chi connectivity index (χ4v) is 4.59. The number of aromatic nitrogens is 2. The summed E-state index contributed by atoms with van der Waals surface area (Å²) in [7, 11) is -0.287. The van der Waals surface area contributed by atoms with Crippen LogP contribution in [-0.2, 0) is 21.5 Å². The number of hydrogen-bond acceptors (Lipinski definition) is 5. The maximum Gasteiger partial charge on any atom is 0.279 e. The summed E-state index contributed by atoms with van der Waals surface area (Å²) >= 11 is 0. The number of para-hydroxylation sites is 2. The Bertz CT molecular complexity index is 851. The molecule has 3 rings (SSSR count). The Labute approximate surface area is 160 Å². The molecule has 9 heteroatoms. The van der Waals surface area contributed by atoms with E-state index in [1.807, 2.05) is 24.3 Å². The first-order valence-corrected chi connectivity index (χ1v) is 10.4. The molecule has 1 N–H and O–H groups in total. The Hall–Kier alpha value is -1.94. The highest BCUT2D eigenvalue weighted by Gasteiger charge is 2.28. The highest BCUT2D eigenvalue weighted by Crippen LogP contribution is 2.22. The Morgan fingerprint density at radius 3 is 2.89 bits per heavy atom. The zero-order valence-electron chi connectivity index (χ0n) is 15.7. The molecule has 0 saturated carbocycles. The lowest BCUT2D eigenvalue weighted by molar-refractivity contribution is 0.118. The molecule has 1 fully saturated rings. The molecule has 0 spiro atoms. The summed E-state index contributed by atoms with van der Waals surface area (Å²) in [5.74, 6) is 0.943. The summed E-state index contributed by atoms with van der Waals surface area (Å²) in [5.41, 5.74) is 1.57. The molecule has 8 nitrogen and oxygen atoms in total. The average molecular weight is 394 g/mol. The molecule has 0 bridgehead atoms. The number of benzene rings is 1. The van der Waals surface area contributed by atoms with Gasteiger partial charge in [0.15, 0.2) is 0 Å². The van der Waals surface area contributed by atoms with Crippen LogP contribution in [0.25, 0.3) is 5.69 Å². The molecule has 0 unspecified atom stereocenters. The van der Waals surface area contributed by atoms with Crippen LogP contribution in [0.1, 0.15) is 18.4 Å². The number of rotatable bonds is 8. The summed E-state index contributed by atoms with van der Waals surface area (Å²) < 4.78 is 41.6. The summed E-state index contributed by atoms with van der Waals surface area (Å²) in [4.78, 5) is 0. The SMILES string of the molecule is COC[C@H]1CCCN(S(=O)(=O)NCc2cnn(-c3ccccc3OC)c2)C1. The predicted octanol–water partition coefficient (Wildman–Crippen LogP) is 1.57. The third-order valence-electron chi connectivity index (χ3n) is 4.65. The van der Waals surface area contributed by atoms with E-state index in [1.54, 1.807) is 31.3 Å². The second kappa shape index (κ2) is 8.83. The molecule has 27 heavy (non-hydrogen) atoms. The van der Waals surface area contributed by atoms with Crippen LogP contribution in [0.3, 0.4) is 0 Å². The summed E-state index contributed by atoms with van der Waals surface area (Å²) in [6, 6.07) is 7.53. The van der Waals surface area contributed by atoms with Gasteiger partial charge in [0.1, 0.15) is 11.4 Å². The van der Waals surface area contributed by atoms with Gasteiger partial charge in [-0.1, -0.05) is 12.1 Å². The summed E-state index contributed by atoms with van der Waals surface area (Å²) in [6.07, 6.45) is 5.29. The van der Waals surface area contributed by atoms with Crippen molar-refractivity contribution in [3.05, 3.63) is 42.2 Å². The first-order valence-electron chi connectivity index (χ1n) is 8.94. The topological polar surface area (TPSA) is 85.7 Å². The number of methoxy groups -OCH3 is 2. The third kappa shape index (κ3) is 4.86. The molecule has 0 aliphatic carbocycles. The number of nitrogens with one attached hydrogen (secondary N) is 1. The zero-order chi connectivity index (χ0) is 19.3. The van der Waals surface area contributed by atoms with Gasteiger partial charge in [0.2, 0.25) is 0 Å². The van der Waals surface area contributed by atoms with Crippen LogP contribution < -0.4 is 9.46 Å². The van der Waals surface area contributed by atoms with Gasteiger partial charge in [-0.3, -0.25) is 0 Å². The van der Waals surface area contributed by atoms with E-state index in [0.29, 0.717) is 25.4 Å². The Morgan fingerprint density at radius 1 is 1.30 bits per heavy atom. The maximum atomic E-state index is 12.6. The molecular weight excluding hydrogens is 368 g/mol. The molecular formula is C18H26N4O4S. The Kier molecular flexibility index (Phi) is 6.48. The van der Waals surface area contributed by atoms with Crippen LogP contribution in [0.15, 0.2) is 36.7 Å². The quantitative estimate of drug-likeness (QED) is 0.735. The zero-order valence-corrected chi connectivity index (χ0v) is 16.5. The largest absolute Gasteiger partial charge is 0.494 e. The lowest BCUT2D eigenvalue weighted by Gasteiger charge is -2.31. The van der Waals surface area contributed by atoms with Crippen molar-refractivity contribution in [3.8, 4) is 11.4 Å². The minimum Gasteiger partial charge on any atom is -0.494 e. The van der Waals surface area contributed by atoms with Crippen molar-refractivity contribution >= 4 is 10.2 Å². The summed E-state index contributed by atoms with van der Waals surface area (Å²) in [6.45, 7) is 1.79. The highest BCUT2D eigenvalue weighted by molar-refractivity contribution is 7.87. The van der Waals surface area contributed by atoms with E-state index in [-0.39, 0.29) is 12.5 Å². The molecule has 1 aromatic heterocycles. The van der Waals surface area contributed by atoms with E-state index in [1.165, 1.54) is 4.31 Å². The fraction of sp³-hybridized carbons (Fsp3) is 0.500. The number of nitrogens with zero attached hydrogens (tertiary/aromatic N) is 3. The molecule has 0 radical (unpaired) electrons. The van der Waals surface area contributed by atoms with Crippen LogP contribution in [0, 0.1) is 5.92 Å². The molecule has 2 heterocycles. The monoisotopic (exact) mass is 394 g/mol. The van der Waals surface area contributed by atoms with Gasteiger partial charge in [0, 0.05) is 38.5 Å². The number of ether oxygens (including phenoxy) is 2. The Balaban J connectivity index is 1.64. The van der Waals surface area contributed by atoms with Gasteiger partial charge in [0.25, 0.3) is 10.2 Å². The van der Waals surface area contributed by atoms with E-state index in [2.05, 4.69) is 9.82 Å². The van der Waals surface area contributed by atoms with Crippen molar-refractivity contribution in [2.45, 2.75) is 19.4 Å². The normalized spacial score (nSPS) is 18.5. The van der Waals surface area contributed by atoms with Gasteiger partial charge < -0.3 is 9.47 Å². The van der Waals surface area contributed by atoms with Crippen molar-refractivity contribution in [1.82, 2.24) is 18.8 Å². The first-order chi connectivity index (χ1) is 13.0. The molecule has 148 valence electrons.